The first-order chi connectivity index (χ1) is 7.58. The lowest BCUT2D eigenvalue weighted by molar-refractivity contribution is 0.491. The summed E-state index contributed by atoms with van der Waals surface area (Å²) in [6, 6.07) is 9.97. The molecule has 0 saturated carbocycles. The molecular formula is C13H14BrNO. The molecule has 1 unspecified atom stereocenters. The van der Waals surface area contributed by atoms with Gasteiger partial charge in [-0.1, -0.05) is 22.0 Å². The van der Waals surface area contributed by atoms with E-state index in [0.717, 1.165) is 21.6 Å². The van der Waals surface area contributed by atoms with E-state index in [4.69, 9.17) is 10.2 Å². The third-order valence-electron chi connectivity index (χ3n) is 2.54. The van der Waals surface area contributed by atoms with E-state index in [0.29, 0.717) is 0 Å². The van der Waals surface area contributed by atoms with Gasteiger partial charge in [0.2, 0.25) is 0 Å². The van der Waals surface area contributed by atoms with Crippen molar-refractivity contribution in [2.75, 3.05) is 0 Å². The highest BCUT2D eigenvalue weighted by atomic mass is 79.9. The van der Waals surface area contributed by atoms with Crippen molar-refractivity contribution in [3.8, 4) is 11.3 Å². The van der Waals surface area contributed by atoms with E-state index >= 15 is 0 Å². The molecule has 1 aromatic carbocycles. The van der Waals surface area contributed by atoms with Crippen LogP contribution in [0, 0.1) is 6.92 Å². The molecule has 2 rings (SSSR count). The van der Waals surface area contributed by atoms with Crippen molar-refractivity contribution in [3.63, 3.8) is 0 Å². The second kappa shape index (κ2) is 4.44. The van der Waals surface area contributed by atoms with Crippen LogP contribution in [-0.2, 0) is 0 Å². The normalized spacial score (nSPS) is 12.8. The maximum Gasteiger partial charge on any atom is 0.134 e. The van der Waals surface area contributed by atoms with Gasteiger partial charge in [0, 0.05) is 10.0 Å². The van der Waals surface area contributed by atoms with Gasteiger partial charge in [0.1, 0.15) is 11.5 Å². The lowest BCUT2D eigenvalue weighted by Gasteiger charge is -2.04. The smallest absolute Gasteiger partial charge is 0.134 e. The van der Waals surface area contributed by atoms with Crippen LogP contribution in [0.5, 0.6) is 0 Å². The summed E-state index contributed by atoms with van der Waals surface area (Å²) in [5.74, 6) is 1.68. The Balaban J connectivity index is 2.46. The molecule has 2 aromatic rings. The minimum absolute atomic E-state index is 0.0683. The minimum Gasteiger partial charge on any atom is -0.459 e. The topological polar surface area (TPSA) is 39.2 Å². The van der Waals surface area contributed by atoms with E-state index in [1.807, 2.05) is 25.1 Å². The molecule has 1 atom stereocenters. The molecule has 16 heavy (non-hydrogen) atoms. The molecular weight excluding hydrogens is 266 g/mol. The summed E-state index contributed by atoms with van der Waals surface area (Å²) in [6.07, 6.45) is 0. The van der Waals surface area contributed by atoms with Crippen molar-refractivity contribution in [2.45, 2.75) is 19.9 Å². The van der Waals surface area contributed by atoms with Crippen molar-refractivity contribution >= 4 is 15.9 Å². The quantitative estimate of drug-likeness (QED) is 0.901. The van der Waals surface area contributed by atoms with E-state index in [9.17, 15) is 0 Å². The highest BCUT2D eigenvalue weighted by Gasteiger charge is 2.10. The van der Waals surface area contributed by atoms with Crippen molar-refractivity contribution in [1.82, 2.24) is 0 Å². The van der Waals surface area contributed by atoms with Crippen LogP contribution in [0.3, 0.4) is 0 Å². The third kappa shape index (κ3) is 2.20. The monoisotopic (exact) mass is 279 g/mol. The summed E-state index contributed by atoms with van der Waals surface area (Å²) in [7, 11) is 0. The van der Waals surface area contributed by atoms with Gasteiger partial charge in [-0.3, -0.25) is 0 Å². The number of benzene rings is 1. The number of hydrogen-bond donors (Lipinski definition) is 1. The average Bonchev–Trinajstić information content (AvgIpc) is 2.70. The van der Waals surface area contributed by atoms with Crippen LogP contribution in [0.4, 0.5) is 0 Å². The van der Waals surface area contributed by atoms with E-state index in [1.54, 1.807) is 0 Å². The van der Waals surface area contributed by atoms with Crippen LogP contribution >= 0.6 is 15.9 Å². The average molecular weight is 280 g/mol. The Morgan fingerprint density at radius 3 is 2.62 bits per heavy atom. The Bertz CT molecular complexity index is 502. The van der Waals surface area contributed by atoms with Gasteiger partial charge >= 0.3 is 0 Å². The second-order valence-corrected chi connectivity index (χ2v) is 4.87. The molecule has 2 N–H and O–H groups in total. The van der Waals surface area contributed by atoms with Gasteiger partial charge in [0.25, 0.3) is 0 Å². The van der Waals surface area contributed by atoms with E-state index in [-0.39, 0.29) is 6.04 Å². The molecule has 3 heteroatoms. The van der Waals surface area contributed by atoms with Gasteiger partial charge in [0.15, 0.2) is 0 Å². The van der Waals surface area contributed by atoms with Crippen molar-refractivity contribution < 1.29 is 4.42 Å². The van der Waals surface area contributed by atoms with E-state index in [1.165, 1.54) is 5.56 Å². The van der Waals surface area contributed by atoms with Crippen LogP contribution in [-0.4, -0.2) is 0 Å². The zero-order valence-corrected chi connectivity index (χ0v) is 10.9. The zero-order chi connectivity index (χ0) is 11.7. The summed E-state index contributed by atoms with van der Waals surface area (Å²) < 4.78 is 6.77. The Labute approximate surface area is 104 Å². The number of nitrogens with two attached hydrogens (primary N) is 1. The molecule has 1 aromatic heterocycles. The lowest BCUT2D eigenvalue weighted by Crippen LogP contribution is -2.02. The number of furan rings is 1. The van der Waals surface area contributed by atoms with Gasteiger partial charge in [-0.2, -0.15) is 0 Å². The molecule has 1 heterocycles. The molecule has 0 amide bonds. The summed E-state index contributed by atoms with van der Waals surface area (Å²) in [5.41, 5.74) is 8.06. The minimum atomic E-state index is -0.0683. The number of rotatable bonds is 2. The van der Waals surface area contributed by atoms with Crippen LogP contribution in [0.1, 0.15) is 24.3 Å². The highest BCUT2D eigenvalue weighted by molar-refractivity contribution is 9.10. The molecule has 0 aliphatic carbocycles. The molecule has 0 aliphatic rings. The SMILES string of the molecule is Cc1ccc(Br)cc1-c1ccc(C(C)N)o1. The fourth-order valence-corrected chi connectivity index (χ4v) is 1.96. The first-order valence-electron chi connectivity index (χ1n) is 5.20. The highest BCUT2D eigenvalue weighted by Crippen LogP contribution is 2.29. The first kappa shape index (κ1) is 11.4. The fraction of sp³-hybridized carbons (Fsp3) is 0.231. The summed E-state index contributed by atoms with van der Waals surface area (Å²) >= 11 is 3.46. The Hall–Kier alpha value is -1.06. The fourth-order valence-electron chi connectivity index (χ4n) is 1.60. The van der Waals surface area contributed by atoms with Gasteiger partial charge in [-0.05, 0) is 43.7 Å². The van der Waals surface area contributed by atoms with E-state index < -0.39 is 0 Å². The molecule has 0 radical (unpaired) electrons. The van der Waals surface area contributed by atoms with Crippen molar-refractivity contribution in [2.24, 2.45) is 5.73 Å². The maximum atomic E-state index is 5.77. The summed E-state index contributed by atoms with van der Waals surface area (Å²) in [5, 5.41) is 0. The standard InChI is InChI=1S/C13H14BrNO/c1-8-3-4-10(14)7-11(8)13-6-5-12(16-13)9(2)15/h3-7,9H,15H2,1-2H3. The van der Waals surface area contributed by atoms with Crippen molar-refractivity contribution in [3.05, 3.63) is 46.1 Å². The number of hydrogen-bond acceptors (Lipinski definition) is 2. The van der Waals surface area contributed by atoms with Gasteiger partial charge in [-0.25, -0.2) is 0 Å². The molecule has 0 spiro atoms. The first-order valence-corrected chi connectivity index (χ1v) is 5.99. The summed E-state index contributed by atoms with van der Waals surface area (Å²) in [4.78, 5) is 0. The van der Waals surface area contributed by atoms with Crippen LogP contribution in [0.2, 0.25) is 0 Å². The largest absolute Gasteiger partial charge is 0.459 e. The molecule has 0 fully saturated rings. The third-order valence-corrected chi connectivity index (χ3v) is 3.03. The van der Waals surface area contributed by atoms with Gasteiger partial charge in [0.05, 0.1) is 6.04 Å². The Morgan fingerprint density at radius 1 is 1.25 bits per heavy atom. The van der Waals surface area contributed by atoms with Gasteiger partial charge < -0.3 is 10.2 Å². The van der Waals surface area contributed by atoms with Crippen LogP contribution < -0.4 is 5.73 Å². The second-order valence-electron chi connectivity index (χ2n) is 3.95. The predicted octanol–water partition coefficient (Wildman–Crippen LogP) is 4.04. The summed E-state index contributed by atoms with van der Waals surface area (Å²) in [6.45, 7) is 3.98. The van der Waals surface area contributed by atoms with Crippen molar-refractivity contribution in [1.29, 1.82) is 0 Å². The molecule has 84 valence electrons. The zero-order valence-electron chi connectivity index (χ0n) is 9.33. The van der Waals surface area contributed by atoms with E-state index in [2.05, 4.69) is 35.0 Å². The molecule has 0 saturated heterocycles. The van der Waals surface area contributed by atoms with Crippen LogP contribution in [0.15, 0.2) is 39.2 Å². The number of halogens is 1. The van der Waals surface area contributed by atoms with Crippen LogP contribution in [0.25, 0.3) is 11.3 Å². The predicted molar refractivity (Wildman–Crippen MR) is 69.2 cm³/mol. The maximum absolute atomic E-state index is 5.77. The molecule has 0 aliphatic heterocycles. The Morgan fingerprint density at radius 2 is 2.00 bits per heavy atom. The Kier molecular flexibility index (Phi) is 3.17. The van der Waals surface area contributed by atoms with Gasteiger partial charge in [-0.15, -0.1) is 0 Å². The molecule has 2 nitrogen and oxygen atoms in total. The molecule has 0 bridgehead atoms. The number of aryl methyl sites for hydroxylation is 1. The lowest BCUT2D eigenvalue weighted by atomic mass is 10.1.